The number of hydrogen-bond donors (Lipinski definition) is 0. The van der Waals surface area contributed by atoms with Gasteiger partial charge >= 0.3 is 0 Å². The van der Waals surface area contributed by atoms with E-state index in [9.17, 15) is 8.42 Å². The minimum atomic E-state index is -3.58. The third kappa shape index (κ3) is 3.99. The topological polar surface area (TPSA) is 108 Å². The second kappa shape index (κ2) is 8.17. The molecule has 0 unspecified atom stereocenters. The fourth-order valence-corrected chi connectivity index (χ4v) is 4.96. The number of hydrogen-bond acceptors (Lipinski definition) is 7. The van der Waals surface area contributed by atoms with Gasteiger partial charge in [-0.25, -0.2) is 13.1 Å². The van der Waals surface area contributed by atoms with E-state index in [-0.39, 0.29) is 10.9 Å². The van der Waals surface area contributed by atoms with E-state index in [4.69, 9.17) is 4.74 Å². The standard InChI is InChI=1S/C21H21N7O3S/c1-16-4-2-3-5-21(16)31-19-6-8-20(9-7-19)32(29,30)26-14-18(15-26)27-12-17(24-25-27)13-28-22-10-11-23-28/h2-12,18H,13-15H2,1H3. The SMILES string of the molecule is Cc1ccccc1Oc1ccc(S(=O)(=O)N2CC(n3cc(Cn4nccn4)nn3)C2)cc1. The summed E-state index contributed by atoms with van der Waals surface area (Å²) in [4.78, 5) is 1.75. The highest BCUT2D eigenvalue weighted by atomic mass is 32.2. The lowest BCUT2D eigenvalue weighted by Crippen LogP contribution is -2.50. The molecule has 5 rings (SSSR count). The molecule has 0 amide bonds. The molecule has 1 saturated heterocycles. The van der Waals surface area contributed by atoms with Gasteiger partial charge in [-0.3, -0.25) is 0 Å². The molecule has 2 aromatic heterocycles. The Bertz CT molecular complexity index is 1310. The van der Waals surface area contributed by atoms with Gasteiger partial charge in [-0.15, -0.1) is 5.10 Å². The van der Waals surface area contributed by atoms with Crippen LogP contribution >= 0.6 is 0 Å². The first kappa shape index (κ1) is 20.3. The maximum atomic E-state index is 13.0. The van der Waals surface area contributed by atoms with Crippen LogP contribution in [-0.2, 0) is 16.6 Å². The first-order chi connectivity index (χ1) is 15.5. The van der Waals surface area contributed by atoms with Crippen LogP contribution in [0.2, 0.25) is 0 Å². The minimum absolute atomic E-state index is 0.0553. The fraction of sp³-hybridized carbons (Fsp3) is 0.238. The van der Waals surface area contributed by atoms with Crippen LogP contribution in [-0.4, -0.2) is 55.8 Å². The summed E-state index contributed by atoms with van der Waals surface area (Å²) < 4.78 is 34.9. The first-order valence-electron chi connectivity index (χ1n) is 10.1. The monoisotopic (exact) mass is 451 g/mol. The summed E-state index contributed by atoms with van der Waals surface area (Å²) in [5, 5.41) is 16.3. The lowest BCUT2D eigenvalue weighted by atomic mass is 10.2. The second-order valence-electron chi connectivity index (χ2n) is 7.56. The van der Waals surface area contributed by atoms with E-state index >= 15 is 0 Å². The average molecular weight is 452 g/mol. The quantitative estimate of drug-likeness (QED) is 0.424. The van der Waals surface area contributed by atoms with E-state index in [0.29, 0.717) is 31.1 Å². The molecule has 0 saturated carbocycles. The van der Waals surface area contributed by atoms with Gasteiger partial charge < -0.3 is 4.74 Å². The summed E-state index contributed by atoms with van der Waals surface area (Å²) in [5.74, 6) is 1.32. The largest absolute Gasteiger partial charge is 0.457 e. The Morgan fingerprint density at radius 3 is 2.47 bits per heavy atom. The Hall–Kier alpha value is -3.57. The Labute approximate surface area is 185 Å². The van der Waals surface area contributed by atoms with E-state index in [1.165, 1.54) is 9.10 Å². The molecule has 10 nitrogen and oxygen atoms in total. The van der Waals surface area contributed by atoms with E-state index in [0.717, 1.165) is 11.3 Å². The van der Waals surface area contributed by atoms with E-state index in [1.807, 2.05) is 31.2 Å². The lowest BCUT2D eigenvalue weighted by molar-refractivity contribution is 0.189. The van der Waals surface area contributed by atoms with E-state index in [1.54, 1.807) is 47.5 Å². The molecule has 11 heteroatoms. The predicted molar refractivity (Wildman–Crippen MR) is 115 cm³/mol. The summed E-state index contributed by atoms with van der Waals surface area (Å²) in [6.45, 7) is 3.05. The van der Waals surface area contributed by atoms with Crippen molar-refractivity contribution in [2.45, 2.75) is 24.4 Å². The predicted octanol–water partition coefficient (Wildman–Crippen LogP) is 2.26. The molecule has 164 valence electrons. The Kier molecular flexibility index (Phi) is 5.19. The third-order valence-electron chi connectivity index (χ3n) is 5.31. The maximum absolute atomic E-state index is 13.0. The number of aromatic nitrogens is 6. The molecule has 1 aliphatic rings. The van der Waals surface area contributed by atoms with Gasteiger partial charge in [0.1, 0.15) is 23.7 Å². The number of rotatable bonds is 7. The molecule has 0 spiro atoms. The molecule has 2 aromatic carbocycles. The summed E-state index contributed by atoms with van der Waals surface area (Å²) in [5.41, 5.74) is 1.72. The lowest BCUT2D eigenvalue weighted by Gasteiger charge is -2.37. The van der Waals surface area contributed by atoms with Crippen LogP contribution < -0.4 is 4.74 Å². The zero-order valence-corrected chi connectivity index (χ0v) is 18.1. The van der Waals surface area contributed by atoms with Crippen LogP contribution in [0.5, 0.6) is 11.5 Å². The minimum Gasteiger partial charge on any atom is -0.457 e. The van der Waals surface area contributed by atoms with Crippen LogP contribution in [0.15, 0.2) is 72.0 Å². The molecule has 3 heterocycles. The molecule has 0 radical (unpaired) electrons. The van der Waals surface area contributed by atoms with Gasteiger partial charge in [0.05, 0.1) is 29.5 Å². The first-order valence-corrected chi connectivity index (χ1v) is 11.5. The zero-order chi connectivity index (χ0) is 22.1. The highest BCUT2D eigenvalue weighted by Crippen LogP contribution is 2.30. The van der Waals surface area contributed by atoms with E-state index < -0.39 is 10.0 Å². The van der Waals surface area contributed by atoms with Crippen molar-refractivity contribution in [1.29, 1.82) is 0 Å². The van der Waals surface area contributed by atoms with E-state index in [2.05, 4.69) is 20.5 Å². The van der Waals surface area contributed by atoms with Gasteiger partial charge in [-0.1, -0.05) is 23.4 Å². The zero-order valence-electron chi connectivity index (χ0n) is 17.3. The van der Waals surface area contributed by atoms with Crippen molar-refractivity contribution in [2.75, 3.05) is 13.1 Å². The van der Waals surface area contributed by atoms with Gasteiger partial charge in [0, 0.05) is 13.1 Å². The number of ether oxygens (including phenoxy) is 1. The highest BCUT2D eigenvalue weighted by Gasteiger charge is 2.38. The number of benzene rings is 2. The second-order valence-corrected chi connectivity index (χ2v) is 9.50. The molecule has 1 fully saturated rings. The van der Waals surface area contributed by atoms with Gasteiger partial charge in [-0.2, -0.15) is 19.3 Å². The number of para-hydroxylation sites is 1. The normalized spacial score (nSPS) is 14.9. The number of nitrogens with zero attached hydrogens (tertiary/aromatic N) is 7. The Balaban J connectivity index is 1.21. The van der Waals surface area contributed by atoms with Crippen LogP contribution in [0.1, 0.15) is 17.3 Å². The molecular weight excluding hydrogens is 430 g/mol. The summed E-state index contributed by atoms with van der Waals surface area (Å²) in [6.07, 6.45) is 5.00. The molecule has 32 heavy (non-hydrogen) atoms. The van der Waals surface area contributed by atoms with Crippen LogP contribution in [0.3, 0.4) is 0 Å². The summed E-state index contributed by atoms with van der Waals surface area (Å²) in [7, 11) is -3.58. The smallest absolute Gasteiger partial charge is 0.243 e. The number of aryl methyl sites for hydroxylation is 1. The molecule has 0 bridgehead atoms. The van der Waals surface area contributed by atoms with Gasteiger partial charge in [-0.05, 0) is 42.8 Å². The fourth-order valence-electron chi connectivity index (χ4n) is 3.44. The molecule has 1 aliphatic heterocycles. The van der Waals surface area contributed by atoms with Crippen molar-refractivity contribution in [3.05, 3.63) is 78.4 Å². The van der Waals surface area contributed by atoms with Crippen LogP contribution in [0.25, 0.3) is 0 Å². The van der Waals surface area contributed by atoms with Crippen molar-refractivity contribution >= 4 is 10.0 Å². The molecule has 0 aliphatic carbocycles. The van der Waals surface area contributed by atoms with Crippen molar-refractivity contribution < 1.29 is 13.2 Å². The van der Waals surface area contributed by atoms with Gasteiger partial charge in [0.25, 0.3) is 0 Å². The summed E-state index contributed by atoms with van der Waals surface area (Å²) in [6, 6.07) is 14.1. The van der Waals surface area contributed by atoms with Gasteiger partial charge in [0.15, 0.2) is 0 Å². The third-order valence-corrected chi connectivity index (χ3v) is 7.16. The van der Waals surface area contributed by atoms with Crippen molar-refractivity contribution in [2.24, 2.45) is 0 Å². The Morgan fingerprint density at radius 2 is 1.75 bits per heavy atom. The van der Waals surface area contributed by atoms with Crippen molar-refractivity contribution in [3.63, 3.8) is 0 Å². The van der Waals surface area contributed by atoms with Crippen LogP contribution in [0, 0.1) is 6.92 Å². The molecule has 0 atom stereocenters. The Morgan fingerprint density at radius 1 is 1.03 bits per heavy atom. The van der Waals surface area contributed by atoms with Crippen molar-refractivity contribution in [3.8, 4) is 11.5 Å². The van der Waals surface area contributed by atoms with Gasteiger partial charge in [0.2, 0.25) is 10.0 Å². The number of sulfonamides is 1. The molecule has 0 N–H and O–H groups in total. The molecular formula is C21H21N7O3S. The summed E-state index contributed by atoms with van der Waals surface area (Å²) >= 11 is 0. The highest BCUT2D eigenvalue weighted by molar-refractivity contribution is 7.89. The average Bonchev–Trinajstić information content (AvgIpc) is 3.42. The molecule has 4 aromatic rings. The van der Waals surface area contributed by atoms with Crippen molar-refractivity contribution in [1.82, 2.24) is 34.3 Å². The maximum Gasteiger partial charge on any atom is 0.243 e. The van der Waals surface area contributed by atoms with Crippen LogP contribution in [0.4, 0.5) is 0 Å².